The van der Waals surface area contributed by atoms with Crippen molar-refractivity contribution in [3.63, 3.8) is 0 Å². The minimum Gasteiger partial charge on any atom is -0.487 e. The first-order valence-corrected chi connectivity index (χ1v) is 9.47. The number of aromatic nitrogens is 1. The standard InChI is InChI=1S/C24H25NO/c1-17-8-3-5-11-21(17)20-14-19-10-4-6-12-22(19)24(15-20)26-16-23-18(2)9-7-13-25-23/h3,5,7-9,11,13-15H,4,6,10,12,16H2,1-2H3. The van der Waals surface area contributed by atoms with Gasteiger partial charge in [0.25, 0.3) is 0 Å². The van der Waals surface area contributed by atoms with Crippen molar-refractivity contribution in [1.82, 2.24) is 4.98 Å². The molecular weight excluding hydrogens is 318 g/mol. The maximum atomic E-state index is 6.31. The summed E-state index contributed by atoms with van der Waals surface area (Å²) in [5.41, 5.74) is 8.88. The SMILES string of the molecule is Cc1ccccc1-c1cc2c(c(OCc3ncccc3C)c1)CCCC2. The second-order valence-electron chi connectivity index (χ2n) is 7.19. The molecule has 0 bridgehead atoms. The van der Waals surface area contributed by atoms with Crippen molar-refractivity contribution in [2.45, 2.75) is 46.1 Å². The zero-order valence-electron chi connectivity index (χ0n) is 15.6. The molecule has 132 valence electrons. The number of aryl methyl sites for hydroxylation is 3. The predicted molar refractivity (Wildman–Crippen MR) is 107 cm³/mol. The first-order valence-electron chi connectivity index (χ1n) is 9.47. The molecule has 0 N–H and O–H groups in total. The third kappa shape index (κ3) is 3.37. The third-order valence-corrected chi connectivity index (χ3v) is 5.36. The van der Waals surface area contributed by atoms with Gasteiger partial charge < -0.3 is 4.74 Å². The highest BCUT2D eigenvalue weighted by Crippen LogP contribution is 2.36. The zero-order valence-corrected chi connectivity index (χ0v) is 15.6. The van der Waals surface area contributed by atoms with E-state index in [1.807, 2.05) is 12.3 Å². The molecule has 1 aromatic heterocycles. The van der Waals surface area contributed by atoms with E-state index in [2.05, 4.69) is 61.3 Å². The highest BCUT2D eigenvalue weighted by atomic mass is 16.5. The van der Waals surface area contributed by atoms with Gasteiger partial charge in [-0.2, -0.15) is 0 Å². The van der Waals surface area contributed by atoms with E-state index in [9.17, 15) is 0 Å². The molecule has 1 heterocycles. The van der Waals surface area contributed by atoms with Crippen LogP contribution in [0.3, 0.4) is 0 Å². The van der Waals surface area contributed by atoms with Crippen LogP contribution in [0, 0.1) is 13.8 Å². The van der Waals surface area contributed by atoms with Crippen molar-refractivity contribution in [2.75, 3.05) is 0 Å². The summed E-state index contributed by atoms with van der Waals surface area (Å²) in [6.45, 7) is 4.79. The fourth-order valence-corrected chi connectivity index (χ4v) is 3.82. The Labute approximate surface area is 155 Å². The Balaban J connectivity index is 1.72. The highest BCUT2D eigenvalue weighted by molar-refractivity contribution is 5.70. The number of hydrogen-bond donors (Lipinski definition) is 0. The molecule has 0 atom stereocenters. The number of nitrogens with zero attached hydrogens (tertiary/aromatic N) is 1. The van der Waals surface area contributed by atoms with Crippen molar-refractivity contribution >= 4 is 0 Å². The maximum absolute atomic E-state index is 6.31. The summed E-state index contributed by atoms with van der Waals surface area (Å²) in [5, 5.41) is 0. The summed E-state index contributed by atoms with van der Waals surface area (Å²) >= 11 is 0. The fourth-order valence-electron chi connectivity index (χ4n) is 3.82. The van der Waals surface area contributed by atoms with Gasteiger partial charge in [-0.25, -0.2) is 0 Å². The van der Waals surface area contributed by atoms with Crippen LogP contribution in [0.2, 0.25) is 0 Å². The van der Waals surface area contributed by atoms with Crippen molar-refractivity contribution in [3.05, 3.63) is 82.7 Å². The quantitative estimate of drug-likeness (QED) is 0.595. The summed E-state index contributed by atoms with van der Waals surface area (Å²) in [7, 11) is 0. The Kier molecular flexibility index (Phi) is 4.75. The maximum Gasteiger partial charge on any atom is 0.130 e. The molecule has 3 aromatic rings. The topological polar surface area (TPSA) is 22.1 Å². The first kappa shape index (κ1) is 16.8. The van der Waals surface area contributed by atoms with Crippen LogP contribution >= 0.6 is 0 Å². The van der Waals surface area contributed by atoms with Crippen molar-refractivity contribution in [3.8, 4) is 16.9 Å². The summed E-state index contributed by atoms with van der Waals surface area (Å²) < 4.78 is 6.31. The molecule has 2 aromatic carbocycles. The van der Waals surface area contributed by atoms with Gasteiger partial charge in [-0.1, -0.05) is 36.4 Å². The van der Waals surface area contributed by atoms with Gasteiger partial charge in [0.05, 0.1) is 5.69 Å². The first-order chi connectivity index (χ1) is 12.7. The van der Waals surface area contributed by atoms with Crippen molar-refractivity contribution < 1.29 is 4.74 Å². The fraction of sp³-hybridized carbons (Fsp3) is 0.292. The molecule has 1 aliphatic carbocycles. The Morgan fingerprint density at radius 3 is 2.58 bits per heavy atom. The number of hydrogen-bond acceptors (Lipinski definition) is 2. The van der Waals surface area contributed by atoms with Gasteiger partial charge in [-0.3, -0.25) is 4.98 Å². The Morgan fingerprint density at radius 1 is 0.923 bits per heavy atom. The molecule has 4 rings (SSSR count). The number of ether oxygens (including phenoxy) is 1. The molecule has 0 saturated heterocycles. The van der Waals surface area contributed by atoms with E-state index >= 15 is 0 Å². The van der Waals surface area contributed by atoms with Gasteiger partial charge >= 0.3 is 0 Å². The third-order valence-electron chi connectivity index (χ3n) is 5.36. The van der Waals surface area contributed by atoms with Crippen molar-refractivity contribution in [1.29, 1.82) is 0 Å². The molecule has 0 unspecified atom stereocenters. The van der Waals surface area contributed by atoms with E-state index in [4.69, 9.17) is 4.74 Å². The molecule has 2 nitrogen and oxygen atoms in total. The van der Waals surface area contributed by atoms with Gasteiger partial charge in [0.2, 0.25) is 0 Å². The van der Waals surface area contributed by atoms with Crippen molar-refractivity contribution in [2.24, 2.45) is 0 Å². The number of fused-ring (bicyclic) bond motifs is 1. The second kappa shape index (κ2) is 7.33. The van der Waals surface area contributed by atoms with Crippen LogP contribution in [0.4, 0.5) is 0 Å². The normalized spacial score (nSPS) is 13.3. The Morgan fingerprint density at radius 2 is 1.73 bits per heavy atom. The molecule has 26 heavy (non-hydrogen) atoms. The van der Waals surface area contributed by atoms with Gasteiger partial charge in [0.15, 0.2) is 0 Å². The highest BCUT2D eigenvalue weighted by Gasteiger charge is 2.17. The molecule has 2 heteroatoms. The van der Waals surface area contributed by atoms with Gasteiger partial charge in [-0.15, -0.1) is 0 Å². The smallest absolute Gasteiger partial charge is 0.130 e. The monoisotopic (exact) mass is 343 g/mol. The van der Waals surface area contributed by atoms with Crippen LogP contribution in [-0.4, -0.2) is 4.98 Å². The van der Waals surface area contributed by atoms with Crippen LogP contribution in [0.25, 0.3) is 11.1 Å². The lowest BCUT2D eigenvalue weighted by atomic mass is 9.87. The van der Waals surface area contributed by atoms with E-state index in [0.717, 1.165) is 24.3 Å². The summed E-state index contributed by atoms with van der Waals surface area (Å²) in [6.07, 6.45) is 6.61. The summed E-state index contributed by atoms with van der Waals surface area (Å²) in [4.78, 5) is 4.48. The minimum atomic E-state index is 0.524. The number of pyridine rings is 1. The van der Waals surface area contributed by atoms with Crippen LogP contribution in [-0.2, 0) is 19.4 Å². The van der Waals surface area contributed by atoms with E-state index in [1.54, 1.807) is 0 Å². The molecule has 0 amide bonds. The molecule has 0 saturated carbocycles. The van der Waals surface area contributed by atoms with E-state index in [1.165, 1.54) is 46.2 Å². The van der Waals surface area contributed by atoms with Crippen LogP contribution < -0.4 is 4.74 Å². The largest absolute Gasteiger partial charge is 0.487 e. The van der Waals surface area contributed by atoms with Crippen LogP contribution in [0.1, 0.15) is 40.8 Å². The predicted octanol–water partition coefficient (Wildman–Crippen LogP) is 5.82. The molecule has 0 aliphatic heterocycles. The molecule has 0 spiro atoms. The lowest BCUT2D eigenvalue weighted by Crippen LogP contribution is -2.08. The average Bonchev–Trinajstić information content (AvgIpc) is 2.67. The van der Waals surface area contributed by atoms with Gasteiger partial charge in [0.1, 0.15) is 12.4 Å². The summed E-state index contributed by atoms with van der Waals surface area (Å²) in [5.74, 6) is 1.03. The van der Waals surface area contributed by atoms with E-state index in [0.29, 0.717) is 6.61 Å². The van der Waals surface area contributed by atoms with E-state index in [-0.39, 0.29) is 0 Å². The van der Waals surface area contributed by atoms with Gasteiger partial charge in [-0.05, 0) is 85.0 Å². The lowest BCUT2D eigenvalue weighted by Gasteiger charge is -2.22. The van der Waals surface area contributed by atoms with Gasteiger partial charge in [0, 0.05) is 6.20 Å². The van der Waals surface area contributed by atoms with Crippen LogP contribution in [0.15, 0.2) is 54.7 Å². The number of benzene rings is 2. The second-order valence-corrected chi connectivity index (χ2v) is 7.19. The molecule has 1 aliphatic rings. The number of rotatable bonds is 4. The summed E-state index contributed by atoms with van der Waals surface area (Å²) in [6, 6.07) is 17.2. The Hall–Kier alpha value is -2.61. The lowest BCUT2D eigenvalue weighted by molar-refractivity contribution is 0.296. The average molecular weight is 343 g/mol. The molecular formula is C24H25NO. The molecule has 0 radical (unpaired) electrons. The minimum absolute atomic E-state index is 0.524. The molecule has 0 fully saturated rings. The van der Waals surface area contributed by atoms with E-state index < -0.39 is 0 Å². The zero-order chi connectivity index (χ0) is 17.9. The Bertz CT molecular complexity index is 929. The van der Waals surface area contributed by atoms with Crippen LogP contribution in [0.5, 0.6) is 5.75 Å².